The Morgan fingerprint density at radius 2 is 1.88 bits per heavy atom. The van der Waals surface area contributed by atoms with Crippen LogP contribution in [0.3, 0.4) is 0 Å². The number of carbonyl (C=O) groups is 3. The average molecular weight is 500 g/mol. The van der Waals surface area contributed by atoms with Gasteiger partial charge in [0.15, 0.2) is 0 Å². The lowest BCUT2D eigenvalue weighted by Gasteiger charge is -2.39. The second-order valence-electron chi connectivity index (χ2n) is 7.93. The number of nitrogens with two attached hydrogens (primary N) is 1. The molecule has 0 amide bonds. The fourth-order valence-electron chi connectivity index (χ4n) is 3.31. The number of carboxylic acid groups (broad SMARTS) is 2. The number of hydrogen-bond acceptors (Lipinski definition) is 9. The Morgan fingerprint density at radius 1 is 1.18 bits per heavy atom. The number of carbonyl (C=O) groups excluding carboxylic acids is 1. The summed E-state index contributed by atoms with van der Waals surface area (Å²) in [4.78, 5) is 34.8. The van der Waals surface area contributed by atoms with E-state index in [9.17, 15) is 4.79 Å². The molecule has 1 atom stereocenters. The van der Waals surface area contributed by atoms with Gasteiger partial charge in [0.05, 0.1) is 18.6 Å². The van der Waals surface area contributed by atoms with Crippen molar-refractivity contribution < 1.29 is 33.5 Å². The zero-order valence-electron chi connectivity index (χ0n) is 20.2. The number of carboxylic acids is 2. The van der Waals surface area contributed by atoms with Crippen LogP contribution in [0.4, 0.5) is 5.69 Å². The van der Waals surface area contributed by atoms with Crippen LogP contribution in [-0.4, -0.2) is 89.0 Å². The van der Waals surface area contributed by atoms with E-state index in [-0.39, 0.29) is 5.97 Å². The predicted octanol–water partition coefficient (Wildman–Crippen LogP) is 2.36. The Morgan fingerprint density at radius 3 is 2.47 bits per heavy atom. The van der Waals surface area contributed by atoms with Gasteiger partial charge < -0.3 is 24.9 Å². The van der Waals surface area contributed by atoms with Gasteiger partial charge in [-0.25, -0.2) is 14.4 Å². The summed E-state index contributed by atoms with van der Waals surface area (Å²) in [5.41, 5.74) is 7.77. The second kappa shape index (κ2) is 16.2. The van der Waals surface area contributed by atoms with Crippen LogP contribution in [0.2, 0.25) is 0 Å². The molecule has 0 spiro atoms. The Hall–Kier alpha value is -2.50. The van der Waals surface area contributed by atoms with E-state index in [1.165, 1.54) is 12.0 Å². The molecule has 0 saturated carbocycles. The third-order valence-corrected chi connectivity index (χ3v) is 5.99. The van der Waals surface area contributed by atoms with Gasteiger partial charge >= 0.3 is 17.9 Å². The Labute approximate surface area is 205 Å². The number of nitrogen functional groups attached to an aromatic ring is 1. The maximum atomic E-state index is 12.0. The lowest BCUT2D eigenvalue weighted by atomic mass is 10.1. The standard InChI is InChI=1S/C21H35N3O3S.C2H2O4/c1-4-6-13-28-27-21(25)16-24-10-9-23(15-17(24)3)11-12-26-20-8-7-19(22)14-18(20)5-2;3-1(4)2(5)6/h7-8,14,17H,4-6,9-13,15-16,22H2,1-3H3;(H,3,4)(H,5,6). The molecule has 0 bridgehead atoms. The monoisotopic (exact) mass is 499 g/mol. The molecule has 1 heterocycles. The van der Waals surface area contributed by atoms with Gasteiger partial charge in [-0.3, -0.25) is 9.80 Å². The summed E-state index contributed by atoms with van der Waals surface area (Å²) in [7, 11) is 0. The molecule has 1 aromatic carbocycles. The van der Waals surface area contributed by atoms with Crippen LogP contribution in [0.25, 0.3) is 0 Å². The number of unbranched alkanes of at least 4 members (excludes halogenated alkanes) is 1. The topological polar surface area (TPSA) is 143 Å². The highest BCUT2D eigenvalue weighted by Crippen LogP contribution is 2.22. The van der Waals surface area contributed by atoms with E-state index in [4.69, 9.17) is 34.5 Å². The largest absolute Gasteiger partial charge is 0.492 e. The van der Waals surface area contributed by atoms with Gasteiger partial charge in [0, 0.05) is 43.7 Å². The minimum atomic E-state index is -1.82. The predicted molar refractivity (Wildman–Crippen MR) is 132 cm³/mol. The van der Waals surface area contributed by atoms with E-state index in [1.807, 2.05) is 18.2 Å². The lowest BCUT2D eigenvalue weighted by molar-refractivity contribution is -0.159. The van der Waals surface area contributed by atoms with Crippen molar-refractivity contribution in [3.63, 3.8) is 0 Å². The smallest absolute Gasteiger partial charge is 0.414 e. The first-order valence-electron chi connectivity index (χ1n) is 11.4. The SMILES string of the molecule is CCCCSOC(=O)CN1CCN(CCOc2ccc(N)cc2CC)CC1C.O=C(O)C(=O)O. The van der Waals surface area contributed by atoms with Crippen LogP contribution in [-0.2, 0) is 25.0 Å². The number of rotatable bonds is 11. The van der Waals surface area contributed by atoms with E-state index in [0.717, 1.165) is 68.2 Å². The third kappa shape index (κ3) is 11.6. The van der Waals surface area contributed by atoms with Gasteiger partial charge in [0.1, 0.15) is 12.4 Å². The maximum Gasteiger partial charge on any atom is 0.414 e. The molecule has 1 aromatic rings. The minimum Gasteiger partial charge on any atom is -0.492 e. The molecule has 4 N–H and O–H groups in total. The van der Waals surface area contributed by atoms with Gasteiger partial charge in [-0.15, -0.1) is 0 Å². The quantitative estimate of drug-likeness (QED) is 0.179. The van der Waals surface area contributed by atoms with Gasteiger partial charge in [0.25, 0.3) is 0 Å². The number of anilines is 1. The first-order chi connectivity index (χ1) is 16.2. The molecule has 1 fully saturated rings. The number of piperazine rings is 1. The van der Waals surface area contributed by atoms with Crippen molar-refractivity contribution in [2.75, 3.05) is 50.8 Å². The zero-order valence-corrected chi connectivity index (χ0v) is 21.0. The Bertz CT molecular complexity index is 782. The van der Waals surface area contributed by atoms with Crippen LogP contribution < -0.4 is 10.5 Å². The molecule has 11 heteroatoms. The Balaban J connectivity index is 0.000000852. The molecule has 10 nitrogen and oxygen atoms in total. The first-order valence-corrected chi connectivity index (χ1v) is 12.3. The zero-order chi connectivity index (χ0) is 25.5. The van der Waals surface area contributed by atoms with Crippen molar-refractivity contribution in [2.45, 2.75) is 46.1 Å². The fourth-order valence-corrected chi connectivity index (χ4v) is 3.99. The number of ether oxygens (including phenoxy) is 1. The van der Waals surface area contributed by atoms with E-state index in [0.29, 0.717) is 19.2 Å². The summed E-state index contributed by atoms with van der Waals surface area (Å²) < 4.78 is 11.2. The summed E-state index contributed by atoms with van der Waals surface area (Å²) in [6, 6.07) is 6.15. The number of aliphatic carboxylic acids is 2. The van der Waals surface area contributed by atoms with Crippen molar-refractivity contribution in [1.29, 1.82) is 0 Å². The highest BCUT2D eigenvalue weighted by atomic mass is 32.2. The molecule has 0 radical (unpaired) electrons. The van der Waals surface area contributed by atoms with Gasteiger partial charge in [-0.2, -0.15) is 0 Å². The van der Waals surface area contributed by atoms with E-state index in [2.05, 4.69) is 30.6 Å². The fraction of sp³-hybridized carbons (Fsp3) is 0.609. The summed E-state index contributed by atoms with van der Waals surface area (Å²) in [6.07, 6.45) is 3.10. The molecule has 1 saturated heterocycles. The van der Waals surface area contributed by atoms with Crippen molar-refractivity contribution in [3.8, 4) is 5.75 Å². The van der Waals surface area contributed by atoms with Crippen LogP contribution in [0.1, 0.15) is 39.2 Å². The number of hydrogen-bond donors (Lipinski definition) is 3. The van der Waals surface area contributed by atoms with Crippen molar-refractivity contribution in [1.82, 2.24) is 9.80 Å². The molecular formula is C23H37N3O7S. The molecule has 192 valence electrons. The number of aryl methyl sites for hydroxylation is 1. The first kappa shape index (κ1) is 29.5. The normalized spacial score (nSPS) is 16.3. The number of benzene rings is 1. The second-order valence-corrected chi connectivity index (χ2v) is 8.74. The molecule has 1 aliphatic heterocycles. The number of nitrogens with zero attached hydrogens (tertiary/aromatic N) is 2. The van der Waals surface area contributed by atoms with E-state index >= 15 is 0 Å². The van der Waals surface area contributed by atoms with Crippen LogP contribution >= 0.6 is 12.0 Å². The highest BCUT2D eigenvalue weighted by molar-refractivity contribution is 7.95. The molecule has 1 aliphatic rings. The van der Waals surface area contributed by atoms with Crippen molar-refractivity contribution >= 4 is 35.6 Å². The molecular weight excluding hydrogens is 462 g/mol. The molecule has 0 aromatic heterocycles. The summed E-state index contributed by atoms with van der Waals surface area (Å²) >= 11 is 1.28. The summed E-state index contributed by atoms with van der Waals surface area (Å²) in [5, 5.41) is 14.8. The van der Waals surface area contributed by atoms with Crippen molar-refractivity contribution in [3.05, 3.63) is 23.8 Å². The van der Waals surface area contributed by atoms with Crippen LogP contribution in [0, 0.1) is 0 Å². The van der Waals surface area contributed by atoms with E-state index < -0.39 is 11.9 Å². The summed E-state index contributed by atoms with van der Waals surface area (Å²) in [5.74, 6) is -1.99. The molecule has 0 aliphatic carbocycles. The van der Waals surface area contributed by atoms with Gasteiger partial charge in [-0.05, 0) is 43.5 Å². The average Bonchev–Trinajstić information content (AvgIpc) is 2.79. The van der Waals surface area contributed by atoms with Crippen molar-refractivity contribution in [2.24, 2.45) is 0 Å². The minimum absolute atomic E-state index is 0.139. The van der Waals surface area contributed by atoms with E-state index in [1.54, 1.807) is 0 Å². The molecule has 2 rings (SSSR count). The third-order valence-electron chi connectivity index (χ3n) is 5.23. The Kier molecular flexibility index (Phi) is 14.1. The highest BCUT2D eigenvalue weighted by Gasteiger charge is 2.25. The molecule has 1 unspecified atom stereocenters. The van der Waals surface area contributed by atoms with Gasteiger partial charge in [0.2, 0.25) is 0 Å². The lowest BCUT2D eigenvalue weighted by Crippen LogP contribution is -2.53. The summed E-state index contributed by atoms with van der Waals surface area (Å²) in [6.45, 7) is 11.0. The van der Waals surface area contributed by atoms with Crippen LogP contribution in [0.15, 0.2) is 18.2 Å². The van der Waals surface area contributed by atoms with Crippen LogP contribution in [0.5, 0.6) is 5.75 Å². The molecule has 34 heavy (non-hydrogen) atoms. The van der Waals surface area contributed by atoms with Gasteiger partial charge in [-0.1, -0.05) is 20.3 Å². The maximum absolute atomic E-state index is 12.0.